The van der Waals surface area contributed by atoms with E-state index in [-0.39, 0.29) is 23.6 Å². The second kappa shape index (κ2) is 5.78. The van der Waals surface area contributed by atoms with E-state index in [1.165, 1.54) is 7.11 Å². The highest BCUT2D eigenvalue weighted by atomic mass is 32.2. The highest BCUT2D eigenvalue weighted by molar-refractivity contribution is 7.92. The molecule has 1 aromatic carbocycles. The van der Waals surface area contributed by atoms with E-state index in [1.54, 1.807) is 0 Å². The molecule has 2 N–H and O–H groups in total. The van der Waals surface area contributed by atoms with Crippen LogP contribution in [0.5, 0.6) is 0 Å². The first-order valence-corrected chi connectivity index (χ1v) is 6.53. The van der Waals surface area contributed by atoms with Gasteiger partial charge in [0.15, 0.2) is 0 Å². The largest absolute Gasteiger partial charge is 0.478 e. The average Bonchev–Trinajstić information content (AvgIpc) is 2.29. The minimum atomic E-state index is -3.71. The van der Waals surface area contributed by atoms with Crippen LogP contribution in [0.1, 0.15) is 10.4 Å². The van der Waals surface area contributed by atoms with Gasteiger partial charge in [-0.3, -0.25) is 4.72 Å². The van der Waals surface area contributed by atoms with Crippen molar-refractivity contribution in [3.63, 3.8) is 0 Å². The number of sulfonamides is 1. The number of rotatable bonds is 6. The molecule has 6 nitrogen and oxygen atoms in total. The van der Waals surface area contributed by atoms with Crippen LogP contribution in [0.15, 0.2) is 18.2 Å². The molecule has 0 atom stereocenters. The SMILES string of the molecule is COCCS(=O)(=O)Nc1ccc(C(=O)O)cc1F. The molecule has 0 saturated heterocycles. The number of anilines is 1. The number of carboxylic acid groups (broad SMARTS) is 1. The number of hydrogen-bond donors (Lipinski definition) is 2. The Morgan fingerprint density at radius 3 is 2.67 bits per heavy atom. The van der Waals surface area contributed by atoms with Crippen molar-refractivity contribution in [1.29, 1.82) is 0 Å². The minimum absolute atomic E-state index is 0.0236. The Morgan fingerprint density at radius 1 is 1.50 bits per heavy atom. The number of nitrogens with one attached hydrogen (secondary N) is 1. The molecule has 0 fully saturated rings. The molecule has 100 valence electrons. The molecule has 0 amide bonds. The van der Waals surface area contributed by atoms with Crippen LogP contribution in [0.4, 0.5) is 10.1 Å². The molecule has 0 heterocycles. The topological polar surface area (TPSA) is 92.7 Å². The fourth-order valence-corrected chi connectivity index (χ4v) is 2.13. The van der Waals surface area contributed by atoms with Crippen molar-refractivity contribution in [3.8, 4) is 0 Å². The Balaban J connectivity index is 2.89. The van der Waals surface area contributed by atoms with E-state index in [2.05, 4.69) is 4.74 Å². The number of hydrogen-bond acceptors (Lipinski definition) is 4. The fourth-order valence-electron chi connectivity index (χ4n) is 1.14. The third-order valence-electron chi connectivity index (χ3n) is 2.04. The van der Waals surface area contributed by atoms with E-state index < -0.39 is 21.8 Å². The predicted molar refractivity (Wildman–Crippen MR) is 62.6 cm³/mol. The minimum Gasteiger partial charge on any atom is -0.478 e. The summed E-state index contributed by atoms with van der Waals surface area (Å²) in [4.78, 5) is 10.6. The predicted octanol–water partition coefficient (Wildman–Crippen LogP) is 0.912. The molecule has 0 bridgehead atoms. The zero-order valence-corrected chi connectivity index (χ0v) is 10.3. The van der Waals surface area contributed by atoms with Gasteiger partial charge in [0.2, 0.25) is 10.0 Å². The van der Waals surface area contributed by atoms with Crippen LogP contribution in [0, 0.1) is 5.82 Å². The zero-order chi connectivity index (χ0) is 13.8. The number of ether oxygens (including phenoxy) is 1. The smallest absolute Gasteiger partial charge is 0.335 e. The van der Waals surface area contributed by atoms with Crippen LogP contribution < -0.4 is 4.72 Å². The Morgan fingerprint density at radius 2 is 2.17 bits per heavy atom. The van der Waals surface area contributed by atoms with Crippen LogP contribution in [0.2, 0.25) is 0 Å². The van der Waals surface area contributed by atoms with Crippen molar-refractivity contribution in [2.24, 2.45) is 0 Å². The maximum Gasteiger partial charge on any atom is 0.335 e. The molecule has 1 rings (SSSR count). The summed E-state index contributed by atoms with van der Waals surface area (Å²) in [5, 5.41) is 8.63. The summed E-state index contributed by atoms with van der Waals surface area (Å²) >= 11 is 0. The Kier molecular flexibility index (Phi) is 4.62. The van der Waals surface area contributed by atoms with E-state index in [9.17, 15) is 17.6 Å². The second-order valence-electron chi connectivity index (χ2n) is 3.41. The van der Waals surface area contributed by atoms with Gasteiger partial charge in [-0.15, -0.1) is 0 Å². The molecule has 0 saturated carbocycles. The van der Waals surface area contributed by atoms with Crippen molar-refractivity contribution < 1.29 is 27.4 Å². The number of benzene rings is 1. The van der Waals surface area contributed by atoms with Crippen LogP contribution in [0.25, 0.3) is 0 Å². The molecule has 8 heteroatoms. The van der Waals surface area contributed by atoms with Crippen molar-refractivity contribution in [2.45, 2.75) is 0 Å². The molecule has 0 aliphatic rings. The lowest BCUT2D eigenvalue weighted by atomic mass is 10.2. The van der Waals surface area contributed by atoms with Crippen LogP contribution in [-0.4, -0.2) is 39.0 Å². The van der Waals surface area contributed by atoms with Gasteiger partial charge >= 0.3 is 5.97 Å². The van der Waals surface area contributed by atoms with E-state index in [0.717, 1.165) is 18.2 Å². The molecule has 0 unspecified atom stereocenters. The highest BCUT2D eigenvalue weighted by Gasteiger charge is 2.14. The molecule has 0 aliphatic carbocycles. The quantitative estimate of drug-likeness (QED) is 0.806. The van der Waals surface area contributed by atoms with Crippen molar-refractivity contribution in [3.05, 3.63) is 29.6 Å². The summed E-state index contributed by atoms with van der Waals surface area (Å²) in [6.45, 7) is -0.0236. The summed E-state index contributed by atoms with van der Waals surface area (Å²) < 4.78 is 43.0. The molecule has 0 radical (unpaired) electrons. The third-order valence-corrected chi connectivity index (χ3v) is 3.27. The molecule has 18 heavy (non-hydrogen) atoms. The highest BCUT2D eigenvalue weighted by Crippen LogP contribution is 2.17. The fraction of sp³-hybridized carbons (Fsp3) is 0.300. The first-order chi connectivity index (χ1) is 8.35. The average molecular weight is 277 g/mol. The van der Waals surface area contributed by atoms with Crippen molar-refractivity contribution >= 4 is 21.7 Å². The second-order valence-corrected chi connectivity index (χ2v) is 5.26. The number of carbonyl (C=O) groups is 1. The van der Waals surface area contributed by atoms with Gasteiger partial charge in [0.25, 0.3) is 0 Å². The first-order valence-electron chi connectivity index (χ1n) is 4.88. The standard InChI is InChI=1S/C10H12FNO5S/c1-17-4-5-18(15,16)12-9-3-2-7(10(13)14)6-8(9)11/h2-3,6,12H,4-5H2,1H3,(H,13,14). The first kappa shape index (κ1) is 14.4. The number of halogens is 1. The summed E-state index contributed by atoms with van der Waals surface area (Å²) in [5.41, 5.74) is -0.552. The van der Waals surface area contributed by atoms with E-state index in [0.29, 0.717) is 0 Å². The lowest BCUT2D eigenvalue weighted by molar-refractivity contribution is 0.0696. The maximum absolute atomic E-state index is 13.4. The van der Waals surface area contributed by atoms with Crippen LogP contribution in [0.3, 0.4) is 0 Å². The summed E-state index contributed by atoms with van der Waals surface area (Å²) in [7, 11) is -2.37. The van der Waals surface area contributed by atoms with E-state index in [1.807, 2.05) is 4.72 Å². The Bertz CT molecular complexity index is 543. The third kappa shape index (κ3) is 3.97. The summed E-state index contributed by atoms with van der Waals surface area (Å²) in [6, 6.07) is 2.92. The monoisotopic (exact) mass is 277 g/mol. The number of aromatic carboxylic acids is 1. The van der Waals surface area contributed by atoms with Crippen molar-refractivity contribution in [1.82, 2.24) is 0 Å². The molecular weight excluding hydrogens is 265 g/mol. The summed E-state index contributed by atoms with van der Waals surface area (Å²) in [5.74, 6) is -2.55. The molecule has 1 aromatic rings. The zero-order valence-electron chi connectivity index (χ0n) is 9.51. The van der Waals surface area contributed by atoms with Gasteiger partial charge in [0.05, 0.1) is 23.6 Å². The van der Waals surface area contributed by atoms with Crippen molar-refractivity contribution in [2.75, 3.05) is 24.2 Å². The van der Waals surface area contributed by atoms with Gasteiger partial charge in [-0.1, -0.05) is 0 Å². The summed E-state index contributed by atoms with van der Waals surface area (Å²) in [6.07, 6.45) is 0. The van der Waals surface area contributed by atoms with Gasteiger partial charge in [-0.25, -0.2) is 17.6 Å². The van der Waals surface area contributed by atoms with Gasteiger partial charge in [-0.05, 0) is 18.2 Å². The number of methoxy groups -OCH3 is 1. The Labute approximate surface area is 103 Å². The van der Waals surface area contributed by atoms with Gasteiger partial charge in [0, 0.05) is 7.11 Å². The normalized spacial score (nSPS) is 11.2. The number of carboxylic acids is 1. The molecule has 0 spiro atoms. The van der Waals surface area contributed by atoms with E-state index >= 15 is 0 Å². The molecular formula is C10H12FNO5S. The molecule has 0 aliphatic heterocycles. The van der Waals surface area contributed by atoms with Crippen LogP contribution >= 0.6 is 0 Å². The lowest BCUT2D eigenvalue weighted by Gasteiger charge is -2.08. The maximum atomic E-state index is 13.4. The molecule has 0 aromatic heterocycles. The van der Waals surface area contributed by atoms with Crippen LogP contribution in [-0.2, 0) is 14.8 Å². The van der Waals surface area contributed by atoms with E-state index in [4.69, 9.17) is 5.11 Å². The Hall–Kier alpha value is -1.67. The van der Waals surface area contributed by atoms with Gasteiger partial charge in [-0.2, -0.15) is 0 Å². The van der Waals surface area contributed by atoms with Gasteiger partial charge < -0.3 is 9.84 Å². The van der Waals surface area contributed by atoms with Gasteiger partial charge in [0.1, 0.15) is 5.82 Å². The lowest BCUT2D eigenvalue weighted by Crippen LogP contribution is -2.20.